The second-order valence-corrected chi connectivity index (χ2v) is 9.15. The molecule has 0 aliphatic carbocycles. The van der Waals surface area contributed by atoms with Crippen LogP contribution in [0.15, 0.2) is 12.1 Å². The van der Waals surface area contributed by atoms with E-state index in [4.69, 9.17) is 13.8 Å². The zero-order valence-corrected chi connectivity index (χ0v) is 19.6. The monoisotopic (exact) mass is 506 g/mol. The number of ketones is 1. The number of halogens is 1. The molecule has 1 aliphatic rings. The smallest absolute Gasteiger partial charge is 0.469 e. The Labute approximate surface area is 175 Å². The van der Waals surface area contributed by atoms with E-state index in [1.165, 1.54) is 7.11 Å². The summed E-state index contributed by atoms with van der Waals surface area (Å²) in [7, 11) is 0.622. The fourth-order valence-corrected chi connectivity index (χ4v) is 3.83. The molecule has 1 aliphatic heterocycles. The Morgan fingerprint density at radius 3 is 2.26 bits per heavy atom. The number of aryl methyl sites for hydroxylation is 1. The summed E-state index contributed by atoms with van der Waals surface area (Å²) >= 11 is 2.15. The minimum Gasteiger partial charge on any atom is -0.469 e. The number of hydrogen-bond acceptors (Lipinski definition) is 6. The molecule has 0 radical (unpaired) electrons. The van der Waals surface area contributed by atoms with Gasteiger partial charge in [-0.25, -0.2) is 0 Å². The third-order valence-corrected chi connectivity index (χ3v) is 6.04. The van der Waals surface area contributed by atoms with E-state index in [2.05, 4.69) is 26.8 Å². The molecular weight excluding hydrogens is 481 g/mol. The molecule has 1 atom stereocenters. The Bertz CT molecular complexity index is 721. The first-order valence-electron chi connectivity index (χ1n) is 8.65. The topological polar surface area (TPSA) is 71.1 Å². The third kappa shape index (κ3) is 5.02. The van der Waals surface area contributed by atoms with Crippen LogP contribution in [0, 0.1) is 6.92 Å². The van der Waals surface area contributed by atoms with Gasteiger partial charge >= 0.3 is 13.1 Å². The average molecular weight is 506 g/mol. The van der Waals surface area contributed by atoms with Crippen LogP contribution in [0.2, 0.25) is 0 Å². The Morgan fingerprint density at radius 1 is 1.15 bits per heavy atom. The fourth-order valence-electron chi connectivity index (χ4n) is 2.86. The van der Waals surface area contributed by atoms with Crippen LogP contribution in [0.4, 0.5) is 0 Å². The maximum absolute atomic E-state index is 12.9. The molecule has 0 aromatic heterocycles. The number of hydrogen-bond donors (Lipinski definition) is 0. The van der Waals surface area contributed by atoms with Crippen LogP contribution < -0.4 is 9.99 Å². The highest BCUT2D eigenvalue weighted by atomic mass is 127. The number of esters is 1. The molecule has 1 unspecified atom stereocenters. The van der Waals surface area contributed by atoms with Gasteiger partial charge in [0, 0.05) is 12.0 Å². The minimum atomic E-state index is -0.688. The predicted octanol–water partition coefficient (Wildman–Crippen LogP) is 3.75. The van der Waals surface area contributed by atoms with E-state index in [0.29, 0.717) is 16.8 Å². The van der Waals surface area contributed by atoms with Gasteiger partial charge in [-0.1, -0.05) is 0 Å². The van der Waals surface area contributed by atoms with Crippen LogP contribution in [-0.2, 0) is 18.8 Å². The first kappa shape index (κ1) is 22.6. The van der Waals surface area contributed by atoms with Crippen LogP contribution in [-0.4, -0.2) is 37.2 Å². The summed E-state index contributed by atoms with van der Waals surface area (Å²) in [6.07, 6.45) is 0.0965. The van der Waals surface area contributed by atoms with Crippen molar-refractivity contribution < 1.29 is 28.2 Å². The Morgan fingerprint density at radius 2 is 1.74 bits per heavy atom. The largest absolute Gasteiger partial charge is 0.495 e. The van der Waals surface area contributed by atoms with Gasteiger partial charge in [0.05, 0.1) is 24.7 Å². The molecule has 1 heterocycles. The van der Waals surface area contributed by atoms with Gasteiger partial charge in [0.2, 0.25) is 0 Å². The summed E-state index contributed by atoms with van der Waals surface area (Å²) in [5.74, 6) is 0.102. The van der Waals surface area contributed by atoms with Gasteiger partial charge in [-0.3, -0.25) is 9.59 Å². The van der Waals surface area contributed by atoms with E-state index < -0.39 is 24.3 Å². The first-order chi connectivity index (χ1) is 12.5. The molecule has 0 saturated carbocycles. The molecule has 0 spiro atoms. The Hall–Kier alpha value is -0.695. The van der Waals surface area contributed by atoms with Crippen LogP contribution in [0.5, 0.6) is 5.75 Å². The molecular formula is C18H25BIO6P. The number of benzene rings is 1. The number of Topliss-reactive ketones (excluding diaryl/α,β-unsaturated/α-hetero) is 1. The predicted molar refractivity (Wildman–Crippen MR) is 115 cm³/mol. The Balaban J connectivity index is 2.44. The lowest BCUT2D eigenvalue weighted by molar-refractivity contribution is -0.140. The standard InChI is InChI=1S/C18H25BIO6P/c1-11-9-12(24-27-20)10-13(16(11)14(21)7-8-15(22)23-6)19-25-17(2,3)18(4,5)26-19/h9-10,27H,7-8H2,1-6H3. The molecule has 1 saturated heterocycles. The molecule has 148 valence electrons. The molecule has 1 fully saturated rings. The highest BCUT2D eigenvalue weighted by Gasteiger charge is 2.52. The van der Waals surface area contributed by atoms with Crippen LogP contribution in [0.25, 0.3) is 0 Å². The fraction of sp³-hybridized carbons (Fsp3) is 0.556. The van der Waals surface area contributed by atoms with Crippen molar-refractivity contribution in [3.05, 3.63) is 23.3 Å². The van der Waals surface area contributed by atoms with E-state index in [-0.39, 0.29) is 25.1 Å². The van der Waals surface area contributed by atoms with Crippen molar-refractivity contribution in [1.29, 1.82) is 0 Å². The summed E-state index contributed by atoms with van der Waals surface area (Å²) in [5, 5.41) is 0. The van der Waals surface area contributed by atoms with Gasteiger partial charge in [0.25, 0.3) is 0 Å². The molecule has 27 heavy (non-hydrogen) atoms. The van der Waals surface area contributed by atoms with Crippen molar-refractivity contribution in [3.63, 3.8) is 0 Å². The summed E-state index contributed by atoms with van der Waals surface area (Å²) in [4.78, 5) is 24.3. The number of rotatable bonds is 7. The van der Waals surface area contributed by atoms with Gasteiger partial charge in [-0.2, -0.15) is 0 Å². The van der Waals surface area contributed by atoms with Crippen molar-refractivity contribution >= 4 is 52.8 Å². The lowest BCUT2D eigenvalue weighted by atomic mass is 9.73. The van der Waals surface area contributed by atoms with Crippen molar-refractivity contribution in [2.45, 2.75) is 58.7 Å². The van der Waals surface area contributed by atoms with E-state index in [9.17, 15) is 9.59 Å². The molecule has 1 aromatic carbocycles. The van der Waals surface area contributed by atoms with Gasteiger partial charge < -0.3 is 18.6 Å². The van der Waals surface area contributed by atoms with Crippen molar-refractivity contribution in [3.8, 4) is 5.75 Å². The van der Waals surface area contributed by atoms with E-state index in [1.807, 2.05) is 40.7 Å². The van der Waals surface area contributed by atoms with Gasteiger partial charge in [0.1, 0.15) is 12.2 Å². The van der Waals surface area contributed by atoms with Crippen LogP contribution >= 0.6 is 28.5 Å². The lowest BCUT2D eigenvalue weighted by Gasteiger charge is -2.32. The van der Waals surface area contributed by atoms with E-state index in [0.717, 1.165) is 5.56 Å². The molecule has 0 bridgehead atoms. The first-order valence-corrected chi connectivity index (χ1v) is 12.7. The summed E-state index contributed by atoms with van der Waals surface area (Å²) in [6.45, 7) is 9.95. The zero-order chi connectivity index (χ0) is 20.4. The van der Waals surface area contributed by atoms with Crippen molar-refractivity contribution in [2.24, 2.45) is 0 Å². The van der Waals surface area contributed by atoms with Gasteiger partial charge in [-0.05, 0) is 79.8 Å². The SMILES string of the molecule is COC(=O)CCC(=O)c1c(C)cc(OPI)cc1B1OC(C)(C)C(C)(C)O1. The minimum absolute atomic E-state index is 0.0327. The summed E-state index contributed by atoms with van der Waals surface area (Å²) in [6, 6.07) is 3.62. The molecule has 0 N–H and O–H groups in total. The van der Waals surface area contributed by atoms with Gasteiger partial charge in [-0.15, -0.1) is 0 Å². The molecule has 9 heteroatoms. The maximum atomic E-state index is 12.9. The molecule has 1 aromatic rings. The van der Waals surface area contributed by atoms with Crippen molar-refractivity contribution in [1.82, 2.24) is 0 Å². The Kier molecular flexibility index (Phi) is 7.33. The highest BCUT2D eigenvalue weighted by Crippen LogP contribution is 2.37. The quantitative estimate of drug-likeness (QED) is 0.185. The van der Waals surface area contributed by atoms with Gasteiger partial charge in [0.15, 0.2) is 5.78 Å². The second-order valence-electron chi connectivity index (χ2n) is 7.47. The lowest BCUT2D eigenvalue weighted by Crippen LogP contribution is -2.41. The van der Waals surface area contributed by atoms with Crippen LogP contribution in [0.1, 0.15) is 56.5 Å². The zero-order valence-electron chi connectivity index (χ0n) is 16.5. The number of ether oxygens (including phenoxy) is 1. The van der Waals surface area contributed by atoms with E-state index >= 15 is 0 Å². The normalized spacial score (nSPS) is 18.1. The highest BCUT2D eigenvalue weighted by molar-refractivity contribution is 14.2. The molecule has 2 rings (SSSR count). The summed E-state index contributed by atoms with van der Waals surface area (Å²) in [5.41, 5.74) is 0.857. The average Bonchev–Trinajstić information content (AvgIpc) is 2.79. The molecule has 6 nitrogen and oxygen atoms in total. The number of carbonyl (C=O) groups is 2. The molecule has 0 amide bonds. The number of methoxy groups -OCH3 is 1. The van der Waals surface area contributed by atoms with Crippen LogP contribution in [0.3, 0.4) is 0 Å². The second kappa shape index (κ2) is 8.76. The number of carbonyl (C=O) groups excluding carboxylic acids is 2. The third-order valence-electron chi connectivity index (χ3n) is 5.07. The maximum Gasteiger partial charge on any atom is 0.495 e. The summed E-state index contributed by atoms with van der Waals surface area (Å²) < 4.78 is 22.6. The van der Waals surface area contributed by atoms with E-state index in [1.54, 1.807) is 6.07 Å². The van der Waals surface area contributed by atoms with Crippen molar-refractivity contribution in [2.75, 3.05) is 7.11 Å².